The summed E-state index contributed by atoms with van der Waals surface area (Å²) < 4.78 is 4.79. The van der Waals surface area contributed by atoms with E-state index < -0.39 is 5.97 Å². The lowest BCUT2D eigenvalue weighted by molar-refractivity contribution is 0.0605. The van der Waals surface area contributed by atoms with Gasteiger partial charge in [0.1, 0.15) is 15.5 Å². The molecular weight excluding hydrogens is 370 g/mol. The van der Waals surface area contributed by atoms with Crippen LogP contribution in [0.4, 0.5) is 0 Å². The lowest BCUT2D eigenvalue weighted by atomic mass is 10.2. The molecule has 3 rings (SSSR count). The van der Waals surface area contributed by atoms with E-state index in [-0.39, 0.29) is 5.56 Å². The second kappa shape index (κ2) is 7.94. The predicted molar refractivity (Wildman–Crippen MR) is 105 cm³/mol. The fourth-order valence-electron chi connectivity index (χ4n) is 2.75. The van der Waals surface area contributed by atoms with E-state index in [9.17, 15) is 9.59 Å². The van der Waals surface area contributed by atoms with Crippen LogP contribution in [0.5, 0.6) is 0 Å². The van der Waals surface area contributed by atoms with Crippen molar-refractivity contribution in [2.75, 3.05) is 13.7 Å². The molecule has 0 saturated carbocycles. The summed E-state index contributed by atoms with van der Waals surface area (Å²) in [5, 5.41) is 2.49. The maximum Gasteiger partial charge on any atom is 0.348 e. The molecule has 0 atom stereocenters. The molecule has 8 heteroatoms. The molecule has 0 unspecified atom stereocenters. The molecule has 0 aliphatic rings. The molecule has 0 aromatic carbocycles. The molecule has 3 heterocycles. The maximum absolute atomic E-state index is 12.5. The van der Waals surface area contributed by atoms with Gasteiger partial charge in [-0.05, 0) is 23.9 Å². The molecule has 136 valence electrons. The number of carbonyl (C=O) groups excluding carboxylic acids is 1. The fraction of sp³-hybridized carbons (Fsp3) is 0.278. The van der Waals surface area contributed by atoms with Crippen molar-refractivity contribution >= 4 is 38.9 Å². The van der Waals surface area contributed by atoms with Crippen molar-refractivity contribution in [3.63, 3.8) is 0 Å². The lowest BCUT2D eigenvalue weighted by Gasteiger charge is -2.19. The van der Waals surface area contributed by atoms with Crippen LogP contribution in [0, 0.1) is 6.92 Å². The zero-order chi connectivity index (χ0) is 18.7. The molecule has 0 saturated heterocycles. The zero-order valence-electron chi connectivity index (χ0n) is 14.6. The smallest absolute Gasteiger partial charge is 0.348 e. The molecule has 0 radical (unpaired) electrons. The zero-order valence-corrected chi connectivity index (χ0v) is 16.2. The Bertz CT molecular complexity index is 989. The summed E-state index contributed by atoms with van der Waals surface area (Å²) in [4.78, 5) is 36.2. The van der Waals surface area contributed by atoms with Gasteiger partial charge >= 0.3 is 5.97 Å². The number of methoxy groups -OCH3 is 1. The minimum absolute atomic E-state index is 0.233. The number of ether oxygens (including phenoxy) is 1. The van der Waals surface area contributed by atoms with Crippen molar-refractivity contribution in [2.24, 2.45) is 0 Å². The van der Waals surface area contributed by atoms with Crippen molar-refractivity contribution in [1.82, 2.24) is 14.9 Å². The average Bonchev–Trinajstić information content (AvgIpc) is 3.22. The normalized spacial score (nSPS) is 11.2. The van der Waals surface area contributed by atoms with Crippen LogP contribution >= 0.6 is 22.7 Å². The first-order valence-corrected chi connectivity index (χ1v) is 9.69. The molecule has 1 N–H and O–H groups in total. The van der Waals surface area contributed by atoms with Crippen LogP contribution in [0.2, 0.25) is 0 Å². The van der Waals surface area contributed by atoms with Crippen LogP contribution in [-0.2, 0) is 17.8 Å². The molecule has 0 aliphatic heterocycles. The van der Waals surface area contributed by atoms with Crippen LogP contribution in [0.25, 0.3) is 10.2 Å². The number of fused-ring (bicyclic) bond motifs is 1. The second-order valence-electron chi connectivity index (χ2n) is 5.78. The monoisotopic (exact) mass is 389 g/mol. The van der Waals surface area contributed by atoms with Gasteiger partial charge in [-0.1, -0.05) is 12.1 Å². The highest BCUT2D eigenvalue weighted by Crippen LogP contribution is 2.27. The molecule has 26 heavy (non-hydrogen) atoms. The topological polar surface area (TPSA) is 75.3 Å². The van der Waals surface area contributed by atoms with Crippen molar-refractivity contribution in [1.29, 1.82) is 0 Å². The maximum atomic E-state index is 12.5. The first kappa shape index (κ1) is 18.5. The van der Waals surface area contributed by atoms with Crippen LogP contribution < -0.4 is 5.56 Å². The Kier molecular flexibility index (Phi) is 5.65. The number of aromatic nitrogens is 2. The number of H-pyrrole nitrogens is 1. The first-order valence-electron chi connectivity index (χ1n) is 7.99. The largest absolute Gasteiger partial charge is 0.465 e. The predicted octanol–water partition coefficient (Wildman–Crippen LogP) is 3.33. The Labute approximate surface area is 158 Å². The summed E-state index contributed by atoms with van der Waals surface area (Å²) in [6.07, 6.45) is 1.83. The van der Waals surface area contributed by atoms with E-state index in [1.807, 2.05) is 17.5 Å². The minimum Gasteiger partial charge on any atom is -0.465 e. The number of rotatable bonds is 7. The molecular formula is C18H19N3O3S2. The number of carbonyl (C=O) groups is 1. The minimum atomic E-state index is -0.447. The van der Waals surface area contributed by atoms with Gasteiger partial charge in [0.05, 0.1) is 19.0 Å². The summed E-state index contributed by atoms with van der Waals surface area (Å²) in [5.74, 6) is 0.121. The van der Waals surface area contributed by atoms with Crippen LogP contribution in [0.1, 0.15) is 25.9 Å². The van der Waals surface area contributed by atoms with Crippen LogP contribution in [0.3, 0.4) is 0 Å². The summed E-state index contributed by atoms with van der Waals surface area (Å²) in [6, 6.07) is 4.09. The molecule has 0 aliphatic carbocycles. The van der Waals surface area contributed by atoms with E-state index >= 15 is 0 Å². The Balaban J connectivity index is 1.93. The number of aryl methyl sites for hydroxylation is 1. The van der Waals surface area contributed by atoms with Gasteiger partial charge in [0.2, 0.25) is 0 Å². The van der Waals surface area contributed by atoms with Gasteiger partial charge in [-0.2, -0.15) is 0 Å². The molecule has 0 bridgehead atoms. The van der Waals surface area contributed by atoms with Crippen molar-refractivity contribution in [3.8, 4) is 0 Å². The summed E-state index contributed by atoms with van der Waals surface area (Å²) in [5.41, 5.74) is 0.377. The highest BCUT2D eigenvalue weighted by molar-refractivity contribution is 7.20. The molecule has 3 aromatic heterocycles. The Morgan fingerprint density at radius 1 is 1.46 bits per heavy atom. The van der Waals surface area contributed by atoms with Gasteiger partial charge in [-0.25, -0.2) is 9.78 Å². The summed E-state index contributed by atoms with van der Waals surface area (Å²) in [6.45, 7) is 7.46. The second-order valence-corrected chi connectivity index (χ2v) is 7.81. The summed E-state index contributed by atoms with van der Waals surface area (Å²) >= 11 is 2.88. The number of esters is 1. The third-order valence-electron chi connectivity index (χ3n) is 3.94. The highest BCUT2D eigenvalue weighted by atomic mass is 32.1. The third-order valence-corrected chi connectivity index (χ3v) is 5.97. The Hall–Kier alpha value is -2.29. The van der Waals surface area contributed by atoms with Gasteiger partial charge in [0.25, 0.3) is 5.56 Å². The molecule has 0 spiro atoms. The fourth-order valence-corrected chi connectivity index (χ4v) is 4.62. The number of hydrogen-bond acceptors (Lipinski definition) is 7. The number of nitrogens with zero attached hydrogens (tertiary/aromatic N) is 2. The molecule has 0 fully saturated rings. The SMILES string of the molecule is C=CCN(Cc1nc2sc(C(=O)OC)c(C)c2c(=O)[nH]1)Cc1cccs1. The number of hydrogen-bond donors (Lipinski definition) is 1. The average molecular weight is 390 g/mol. The van der Waals surface area contributed by atoms with Crippen molar-refractivity contribution in [3.05, 3.63) is 61.7 Å². The summed E-state index contributed by atoms with van der Waals surface area (Å²) in [7, 11) is 1.33. The third kappa shape index (κ3) is 3.77. The van der Waals surface area contributed by atoms with E-state index in [1.165, 1.54) is 23.3 Å². The highest BCUT2D eigenvalue weighted by Gasteiger charge is 2.20. The van der Waals surface area contributed by atoms with Gasteiger partial charge in [0, 0.05) is 18.0 Å². The van der Waals surface area contributed by atoms with Crippen molar-refractivity contribution < 1.29 is 9.53 Å². The standard InChI is InChI=1S/C18H19N3O3S2/c1-4-7-21(9-12-6-5-8-25-12)10-13-19-16(22)14-11(2)15(18(23)24-3)26-17(14)20-13/h4-6,8H,1,7,9-10H2,2-3H3,(H,19,20,22). The number of aromatic amines is 1. The van der Waals surface area contributed by atoms with Gasteiger partial charge in [-0.3, -0.25) is 9.69 Å². The van der Waals surface area contributed by atoms with E-state index in [4.69, 9.17) is 4.74 Å². The number of thiophene rings is 2. The molecule has 6 nitrogen and oxygen atoms in total. The Morgan fingerprint density at radius 2 is 2.27 bits per heavy atom. The van der Waals surface area contributed by atoms with Crippen LogP contribution in [0.15, 0.2) is 35.0 Å². The van der Waals surface area contributed by atoms with E-state index in [0.29, 0.717) is 39.6 Å². The van der Waals surface area contributed by atoms with Gasteiger partial charge in [-0.15, -0.1) is 29.3 Å². The quantitative estimate of drug-likeness (QED) is 0.495. The van der Waals surface area contributed by atoms with Gasteiger partial charge < -0.3 is 9.72 Å². The van der Waals surface area contributed by atoms with E-state index in [0.717, 1.165) is 6.54 Å². The van der Waals surface area contributed by atoms with E-state index in [2.05, 4.69) is 27.5 Å². The van der Waals surface area contributed by atoms with Crippen molar-refractivity contribution in [2.45, 2.75) is 20.0 Å². The first-order chi connectivity index (χ1) is 12.5. The Morgan fingerprint density at radius 3 is 2.92 bits per heavy atom. The van der Waals surface area contributed by atoms with Crippen LogP contribution in [-0.4, -0.2) is 34.5 Å². The van der Waals surface area contributed by atoms with Gasteiger partial charge in [0.15, 0.2) is 0 Å². The number of nitrogens with one attached hydrogen (secondary N) is 1. The lowest BCUT2D eigenvalue weighted by Crippen LogP contribution is -2.25. The molecule has 0 amide bonds. The van der Waals surface area contributed by atoms with E-state index in [1.54, 1.807) is 18.3 Å². The molecule has 3 aromatic rings.